The molecule has 0 aliphatic heterocycles. The Morgan fingerprint density at radius 2 is 1.67 bits per heavy atom. The van der Waals surface area contributed by atoms with Crippen LogP contribution in [0.15, 0.2) is 67.1 Å². The third kappa shape index (κ3) is 4.03. The first-order valence-corrected chi connectivity index (χ1v) is 9.16. The van der Waals surface area contributed by atoms with Crippen LogP contribution in [0, 0.1) is 6.92 Å². The number of benzene rings is 1. The minimum absolute atomic E-state index is 0.0666. The molecule has 3 heterocycles. The molecule has 5 nitrogen and oxygen atoms in total. The van der Waals surface area contributed by atoms with E-state index in [2.05, 4.69) is 15.3 Å². The highest BCUT2D eigenvalue weighted by molar-refractivity contribution is 6.04. The fraction of sp³-hybridized carbons (Fsp3) is 0.136. The van der Waals surface area contributed by atoms with E-state index >= 15 is 0 Å². The Bertz CT molecular complexity index is 1200. The highest BCUT2D eigenvalue weighted by atomic mass is 19.4. The number of anilines is 1. The van der Waals surface area contributed by atoms with E-state index in [-0.39, 0.29) is 11.3 Å². The third-order valence-electron chi connectivity index (χ3n) is 4.70. The summed E-state index contributed by atoms with van der Waals surface area (Å²) in [5, 5.41) is 2.74. The van der Waals surface area contributed by atoms with Crippen LogP contribution in [-0.2, 0) is 12.6 Å². The van der Waals surface area contributed by atoms with Gasteiger partial charge in [0.1, 0.15) is 11.3 Å². The lowest BCUT2D eigenvalue weighted by Gasteiger charge is -2.10. The van der Waals surface area contributed by atoms with Gasteiger partial charge < -0.3 is 5.32 Å². The minimum atomic E-state index is -4.51. The van der Waals surface area contributed by atoms with Gasteiger partial charge in [-0.2, -0.15) is 13.2 Å². The molecule has 0 saturated carbocycles. The van der Waals surface area contributed by atoms with Crippen molar-refractivity contribution in [3.05, 3.63) is 95.2 Å². The van der Waals surface area contributed by atoms with E-state index in [0.29, 0.717) is 11.4 Å². The lowest BCUT2D eigenvalue weighted by Crippen LogP contribution is -2.16. The van der Waals surface area contributed by atoms with Crippen molar-refractivity contribution >= 4 is 17.2 Å². The maximum atomic E-state index is 13.1. The molecule has 0 radical (unpaired) electrons. The Labute approximate surface area is 170 Å². The van der Waals surface area contributed by atoms with Gasteiger partial charge in [0.05, 0.1) is 11.3 Å². The molecule has 1 amide bonds. The Hall–Kier alpha value is -3.68. The number of rotatable bonds is 4. The number of pyridine rings is 2. The molecule has 0 fully saturated rings. The quantitative estimate of drug-likeness (QED) is 0.521. The molecule has 0 saturated heterocycles. The van der Waals surface area contributed by atoms with Crippen LogP contribution in [0.1, 0.15) is 32.9 Å². The van der Waals surface area contributed by atoms with Crippen LogP contribution in [0.25, 0.3) is 5.65 Å². The van der Waals surface area contributed by atoms with Crippen molar-refractivity contribution in [2.45, 2.75) is 19.5 Å². The van der Waals surface area contributed by atoms with Gasteiger partial charge in [-0.3, -0.25) is 14.2 Å². The SMILES string of the molecule is Cc1nc2ccc(C(F)(F)F)cn2c1C(=O)Nc1ccc(Cc2ccncc2)cc1. The number of carbonyl (C=O) groups excluding carboxylic acids is 1. The van der Waals surface area contributed by atoms with Gasteiger partial charge in [0.15, 0.2) is 0 Å². The summed E-state index contributed by atoms with van der Waals surface area (Å²) in [6.45, 7) is 1.59. The zero-order chi connectivity index (χ0) is 21.3. The van der Waals surface area contributed by atoms with Gasteiger partial charge in [-0.05, 0) is 60.9 Å². The maximum Gasteiger partial charge on any atom is 0.417 e. The van der Waals surface area contributed by atoms with Crippen molar-refractivity contribution in [3.8, 4) is 0 Å². The number of halogens is 3. The zero-order valence-corrected chi connectivity index (χ0v) is 15.9. The summed E-state index contributed by atoms with van der Waals surface area (Å²) < 4.78 is 40.3. The number of nitrogens with one attached hydrogen (secondary N) is 1. The van der Waals surface area contributed by atoms with Gasteiger partial charge in [-0.15, -0.1) is 0 Å². The third-order valence-corrected chi connectivity index (χ3v) is 4.70. The fourth-order valence-electron chi connectivity index (χ4n) is 3.24. The molecule has 1 aromatic carbocycles. The molecule has 0 atom stereocenters. The number of alkyl halides is 3. The Morgan fingerprint density at radius 3 is 2.33 bits per heavy atom. The number of nitrogens with zero attached hydrogens (tertiary/aromatic N) is 3. The van der Waals surface area contributed by atoms with Crippen molar-refractivity contribution in [2.75, 3.05) is 5.32 Å². The summed E-state index contributed by atoms with van der Waals surface area (Å²) in [6, 6.07) is 13.4. The van der Waals surface area contributed by atoms with E-state index in [9.17, 15) is 18.0 Å². The highest BCUT2D eigenvalue weighted by Crippen LogP contribution is 2.30. The predicted octanol–water partition coefficient (Wildman–Crippen LogP) is 4.90. The van der Waals surface area contributed by atoms with Gasteiger partial charge >= 0.3 is 6.18 Å². The summed E-state index contributed by atoms with van der Waals surface area (Å²) in [6.07, 6.45) is 0.564. The highest BCUT2D eigenvalue weighted by Gasteiger charge is 2.31. The van der Waals surface area contributed by atoms with Crippen molar-refractivity contribution < 1.29 is 18.0 Å². The predicted molar refractivity (Wildman–Crippen MR) is 106 cm³/mol. The summed E-state index contributed by atoms with van der Waals surface area (Å²) in [4.78, 5) is 21.0. The van der Waals surface area contributed by atoms with Crippen molar-refractivity contribution in [2.24, 2.45) is 0 Å². The largest absolute Gasteiger partial charge is 0.417 e. The molecule has 4 rings (SSSR count). The minimum Gasteiger partial charge on any atom is -0.321 e. The van der Waals surface area contributed by atoms with E-state index in [1.54, 1.807) is 31.5 Å². The van der Waals surface area contributed by atoms with Crippen LogP contribution < -0.4 is 5.32 Å². The van der Waals surface area contributed by atoms with E-state index in [0.717, 1.165) is 29.8 Å². The van der Waals surface area contributed by atoms with Gasteiger partial charge in [-0.1, -0.05) is 12.1 Å². The molecule has 8 heteroatoms. The molecule has 30 heavy (non-hydrogen) atoms. The monoisotopic (exact) mass is 410 g/mol. The van der Waals surface area contributed by atoms with Crippen LogP contribution in [0.4, 0.5) is 18.9 Å². The van der Waals surface area contributed by atoms with E-state index < -0.39 is 17.6 Å². The maximum absolute atomic E-state index is 13.1. The summed E-state index contributed by atoms with van der Waals surface area (Å²) in [5.74, 6) is -0.527. The van der Waals surface area contributed by atoms with Gasteiger partial charge in [-0.25, -0.2) is 4.98 Å². The molecule has 3 aromatic heterocycles. The molecule has 0 bridgehead atoms. The summed E-state index contributed by atoms with van der Waals surface area (Å²) in [7, 11) is 0. The molecular formula is C22H17F3N4O. The summed E-state index contributed by atoms with van der Waals surface area (Å²) in [5.41, 5.74) is 2.56. The Morgan fingerprint density at radius 1 is 1.00 bits per heavy atom. The Balaban J connectivity index is 1.56. The molecule has 152 valence electrons. The topological polar surface area (TPSA) is 59.3 Å². The smallest absolute Gasteiger partial charge is 0.321 e. The number of imidazole rings is 1. The number of aromatic nitrogens is 3. The first-order chi connectivity index (χ1) is 14.3. The number of hydrogen-bond donors (Lipinski definition) is 1. The second-order valence-corrected chi connectivity index (χ2v) is 6.87. The van der Waals surface area contributed by atoms with Crippen LogP contribution in [0.5, 0.6) is 0 Å². The number of fused-ring (bicyclic) bond motifs is 1. The van der Waals surface area contributed by atoms with Gasteiger partial charge in [0.25, 0.3) is 5.91 Å². The fourth-order valence-corrected chi connectivity index (χ4v) is 3.24. The van der Waals surface area contributed by atoms with E-state index in [4.69, 9.17) is 0 Å². The van der Waals surface area contributed by atoms with Crippen molar-refractivity contribution in [3.63, 3.8) is 0 Å². The average molecular weight is 410 g/mol. The molecular weight excluding hydrogens is 393 g/mol. The standard InChI is InChI=1S/C22H17F3N4O/c1-14-20(29-13-17(22(23,24)25)4-7-19(29)27-14)21(30)28-18-5-2-15(3-6-18)12-16-8-10-26-11-9-16/h2-11,13H,12H2,1H3,(H,28,30). The van der Waals surface area contributed by atoms with Crippen LogP contribution in [0.3, 0.4) is 0 Å². The van der Waals surface area contributed by atoms with Gasteiger partial charge in [0, 0.05) is 24.3 Å². The van der Waals surface area contributed by atoms with E-state index in [1.165, 1.54) is 10.5 Å². The zero-order valence-electron chi connectivity index (χ0n) is 15.9. The van der Waals surface area contributed by atoms with Crippen molar-refractivity contribution in [1.82, 2.24) is 14.4 Å². The lowest BCUT2D eigenvalue weighted by atomic mass is 10.1. The van der Waals surface area contributed by atoms with E-state index in [1.807, 2.05) is 24.3 Å². The van der Waals surface area contributed by atoms with Gasteiger partial charge in [0.2, 0.25) is 0 Å². The first kappa shape index (κ1) is 19.6. The van der Waals surface area contributed by atoms with Crippen molar-refractivity contribution in [1.29, 1.82) is 0 Å². The first-order valence-electron chi connectivity index (χ1n) is 9.16. The van der Waals surface area contributed by atoms with Crippen LogP contribution in [0.2, 0.25) is 0 Å². The molecule has 0 aliphatic carbocycles. The molecule has 0 aliphatic rings. The number of carbonyl (C=O) groups is 1. The summed E-state index contributed by atoms with van der Waals surface area (Å²) >= 11 is 0. The second kappa shape index (κ2) is 7.62. The molecule has 1 N–H and O–H groups in total. The average Bonchev–Trinajstić information content (AvgIpc) is 3.04. The molecule has 0 unspecified atom stereocenters. The lowest BCUT2D eigenvalue weighted by molar-refractivity contribution is -0.137. The number of aryl methyl sites for hydroxylation is 1. The normalized spacial score (nSPS) is 11.6. The van der Waals surface area contributed by atoms with Crippen LogP contribution >= 0.6 is 0 Å². The number of amides is 1. The molecule has 0 spiro atoms. The number of hydrogen-bond acceptors (Lipinski definition) is 3. The second-order valence-electron chi connectivity index (χ2n) is 6.87. The van der Waals surface area contributed by atoms with Crippen LogP contribution in [-0.4, -0.2) is 20.3 Å². The Kier molecular flexibility index (Phi) is 4.99. The molecule has 4 aromatic rings.